The van der Waals surface area contributed by atoms with Crippen molar-refractivity contribution in [2.45, 2.75) is 19.3 Å². The Balaban J connectivity index is 2.41. The average molecular weight is 226 g/mol. The number of hydrogen-bond donors (Lipinski definition) is 0. The van der Waals surface area contributed by atoms with Gasteiger partial charge in [0.25, 0.3) is 0 Å². The van der Waals surface area contributed by atoms with Gasteiger partial charge in [0.2, 0.25) is 0 Å². The topological polar surface area (TPSA) is 17.1 Å². The molecule has 0 N–H and O–H groups in total. The van der Waals surface area contributed by atoms with Crippen molar-refractivity contribution in [2.24, 2.45) is 0 Å². The molecule has 16 heavy (non-hydrogen) atoms. The molecule has 1 aliphatic carbocycles. The Hall–Kier alpha value is -1.58. The van der Waals surface area contributed by atoms with E-state index in [1.54, 1.807) is 6.08 Å². The van der Waals surface area contributed by atoms with Gasteiger partial charge in [0.1, 0.15) is 0 Å². The standard InChI is InChI=1S/C12H9F3O/c13-9-6-5-8(10(14)11(9)15)12(16)7-3-1-2-4-7/h3,5-6H,1-2,4H2. The number of hydrogen-bond acceptors (Lipinski definition) is 1. The quantitative estimate of drug-likeness (QED) is 0.558. The molecule has 0 spiro atoms. The highest BCUT2D eigenvalue weighted by Gasteiger charge is 2.22. The van der Waals surface area contributed by atoms with Crippen molar-refractivity contribution in [3.05, 3.63) is 46.8 Å². The first-order chi connectivity index (χ1) is 7.61. The Morgan fingerprint density at radius 3 is 2.50 bits per heavy atom. The molecule has 0 amide bonds. The molecule has 2 rings (SSSR count). The van der Waals surface area contributed by atoms with Crippen LogP contribution in [0.4, 0.5) is 13.2 Å². The summed E-state index contributed by atoms with van der Waals surface area (Å²) >= 11 is 0. The van der Waals surface area contributed by atoms with E-state index in [4.69, 9.17) is 0 Å². The normalized spacial score (nSPS) is 15.1. The van der Waals surface area contributed by atoms with Gasteiger partial charge in [-0.15, -0.1) is 0 Å². The van der Waals surface area contributed by atoms with Gasteiger partial charge < -0.3 is 0 Å². The third-order valence-corrected chi connectivity index (χ3v) is 2.61. The molecule has 4 heteroatoms. The minimum Gasteiger partial charge on any atom is -0.289 e. The van der Waals surface area contributed by atoms with Crippen molar-refractivity contribution < 1.29 is 18.0 Å². The van der Waals surface area contributed by atoms with Crippen LogP contribution >= 0.6 is 0 Å². The first kappa shape index (κ1) is 10.9. The van der Waals surface area contributed by atoms with Crippen molar-refractivity contribution >= 4 is 5.78 Å². The van der Waals surface area contributed by atoms with Crippen molar-refractivity contribution in [1.82, 2.24) is 0 Å². The Morgan fingerprint density at radius 1 is 1.12 bits per heavy atom. The Kier molecular flexibility index (Phi) is 2.81. The minimum absolute atomic E-state index is 0.396. The Labute approximate surface area is 90.6 Å². The Bertz CT molecular complexity index is 477. The number of ketones is 1. The van der Waals surface area contributed by atoms with Crippen LogP contribution in [0.2, 0.25) is 0 Å². The highest BCUT2D eigenvalue weighted by Crippen LogP contribution is 2.24. The monoisotopic (exact) mass is 226 g/mol. The maximum Gasteiger partial charge on any atom is 0.195 e. The van der Waals surface area contributed by atoms with Gasteiger partial charge in [0.05, 0.1) is 5.56 Å². The molecule has 1 nitrogen and oxygen atoms in total. The van der Waals surface area contributed by atoms with Crippen LogP contribution in [0.5, 0.6) is 0 Å². The number of rotatable bonds is 2. The smallest absolute Gasteiger partial charge is 0.195 e. The summed E-state index contributed by atoms with van der Waals surface area (Å²) in [7, 11) is 0. The van der Waals surface area contributed by atoms with E-state index in [-0.39, 0.29) is 0 Å². The van der Waals surface area contributed by atoms with E-state index in [0.717, 1.165) is 25.0 Å². The second kappa shape index (κ2) is 4.12. The van der Waals surface area contributed by atoms with E-state index in [2.05, 4.69) is 0 Å². The molecule has 0 saturated heterocycles. The summed E-state index contributed by atoms with van der Waals surface area (Å²) in [5, 5.41) is 0. The number of allylic oxidation sites excluding steroid dienone is 2. The minimum atomic E-state index is -1.59. The molecular formula is C12H9F3O. The van der Waals surface area contributed by atoms with Crippen LogP contribution in [-0.2, 0) is 0 Å². The molecule has 84 valence electrons. The third kappa shape index (κ3) is 1.75. The van der Waals surface area contributed by atoms with Crippen molar-refractivity contribution in [3.63, 3.8) is 0 Å². The van der Waals surface area contributed by atoms with Gasteiger partial charge in [-0.05, 0) is 37.0 Å². The van der Waals surface area contributed by atoms with Crippen LogP contribution in [0.25, 0.3) is 0 Å². The van der Waals surface area contributed by atoms with Crippen molar-refractivity contribution in [3.8, 4) is 0 Å². The molecular weight excluding hydrogens is 217 g/mol. The Morgan fingerprint density at radius 2 is 1.88 bits per heavy atom. The fraction of sp³-hybridized carbons (Fsp3) is 0.250. The van der Waals surface area contributed by atoms with Crippen LogP contribution in [0.1, 0.15) is 29.6 Å². The van der Waals surface area contributed by atoms with Gasteiger partial charge in [-0.25, -0.2) is 13.2 Å². The number of carbonyl (C=O) groups is 1. The van der Waals surface area contributed by atoms with Crippen LogP contribution < -0.4 is 0 Å². The summed E-state index contributed by atoms with van der Waals surface area (Å²) < 4.78 is 38.9. The molecule has 0 bridgehead atoms. The first-order valence-electron chi connectivity index (χ1n) is 4.98. The molecule has 1 aromatic rings. The van der Waals surface area contributed by atoms with Crippen molar-refractivity contribution in [2.75, 3.05) is 0 Å². The number of Topliss-reactive ketones (excluding diaryl/α,β-unsaturated/α-hetero) is 1. The maximum absolute atomic E-state index is 13.3. The fourth-order valence-corrected chi connectivity index (χ4v) is 1.75. The lowest BCUT2D eigenvalue weighted by Gasteiger charge is -2.04. The van der Waals surface area contributed by atoms with Crippen LogP contribution in [-0.4, -0.2) is 5.78 Å². The summed E-state index contributed by atoms with van der Waals surface area (Å²) in [6, 6.07) is 1.75. The highest BCUT2D eigenvalue weighted by atomic mass is 19.2. The van der Waals surface area contributed by atoms with Gasteiger partial charge in [-0.1, -0.05) is 6.08 Å². The number of benzene rings is 1. The summed E-state index contributed by atoms with van der Waals surface area (Å²) in [5.74, 6) is -4.83. The lowest BCUT2D eigenvalue weighted by atomic mass is 10.0. The zero-order valence-corrected chi connectivity index (χ0v) is 8.40. The van der Waals surface area contributed by atoms with Crippen molar-refractivity contribution in [1.29, 1.82) is 0 Å². The SMILES string of the molecule is O=C(C1=CCCC1)c1ccc(F)c(F)c1F. The lowest BCUT2D eigenvalue weighted by Crippen LogP contribution is -2.07. The third-order valence-electron chi connectivity index (χ3n) is 2.61. The second-order valence-corrected chi connectivity index (χ2v) is 3.67. The van der Waals surface area contributed by atoms with Gasteiger partial charge in [-0.2, -0.15) is 0 Å². The van der Waals surface area contributed by atoms with E-state index < -0.39 is 28.8 Å². The summed E-state index contributed by atoms with van der Waals surface area (Å²) in [6.07, 6.45) is 3.89. The fourth-order valence-electron chi connectivity index (χ4n) is 1.75. The maximum atomic E-state index is 13.3. The van der Waals surface area contributed by atoms with Gasteiger partial charge in [-0.3, -0.25) is 4.79 Å². The molecule has 0 radical (unpaired) electrons. The largest absolute Gasteiger partial charge is 0.289 e. The first-order valence-corrected chi connectivity index (χ1v) is 4.98. The molecule has 0 heterocycles. The van der Waals surface area contributed by atoms with Gasteiger partial charge >= 0.3 is 0 Å². The zero-order valence-electron chi connectivity index (χ0n) is 8.40. The van der Waals surface area contributed by atoms with Crippen LogP contribution in [0, 0.1) is 17.5 Å². The van der Waals surface area contributed by atoms with E-state index in [1.807, 2.05) is 0 Å². The van der Waals surface area contributed by atoms with Crippen LogP contribution in [0.3, 0.4) is 0 Å². The highest BCUT2D eigenvalue weighted by molar-refractivity contribution is 6.09. The second-order valence-electron chi connectivity index (χ2n) is 3.67. The van der Waals surface area contributed by atoms with Gasteiger partial charge in [0, 0.05) is 0 Å². The van der Waals surface area contributed by atoms with E-state index in [0.29, 0.717) is 12.0 Å². The van der Waals surface area contributed by atoms with Gasteiger partial charge in [0.15, 0.2) is 23.2 Å². The molecule has 0 aliphatic heterocycles. The zero-order chi connectivity index (χ0) is 11.7. The van der Waals surface area contributed by atoms with E-state index in [9.17, 15) is 18.0 Å². The molecule has 1 aliphatic rings. The lowest BCUT2D eigenvalue weighted by molar-refractivity contribution is 0.102. The summed E-state index contributed by atoms with van der Waals surface area (Å²) in [6.45, 7) is 0. The molecule has 1 aromatic carbocycles. The predicted octanol–water partition coefficient (Wildman–Crippen LogP) is 3.40. The number of carbonyl (C=O) groups excluding carboxylic acids is 1. The molecule has 0 unspecified atom stereocenters. The molecule has 0 aromatic heterocycles. The summed E-state index contributed by atoms with van der Waals surface area (Å²) in [5.41, 5.74) is 0.0805. The summed E-state index contributed by atoms with van der Waals surface area (Å²) in [4.78, 5) is 11.7. The molecule has 0 atom stereocenters. The molecule has 0 fully saturated rings. The predicted molar refractivity (Wildman–Crippen MR) is 52.6 cm³/mol. The number of halogens is 3. The molecule has 0 saturated carbocycles. The van der Waals surface area contributed by atoms with Crippen LogP contribution in [0.15, 0.2) is 23.8 Å². The van der Waals surface area contributed by atoms with E-state index in [1.165, 1.54) is 0 Å². The van der Waals surface area contributed by atoms with E-state index >= 15 is 0 Å². The average Bonchev–Trinajstić information content (AvgIpc) is 2.79.